The van der Waals surface area contributed by atoms with Gasteiger partial charge in [0.15, 0.2) is 0 Å². The van der Waals surface area contributed by atoms with E-state index >= 15 is 4.39 Å². The van der Waals surface area contributed by atoms with E-state index in [0.717, 1.165) is 54.2 Å². The topological polar surface area (TPSA) is 45.6 Å². The molecule has 1 aliphatic heterocycles. The predicted octanol–water partition coefficient (Wildman–Crippen LogP) is 6.41. The van der Waals surface area contributed by atoms with Gasteiger partial charge >= 0.3 is 0 Å². The number of pyridine rings is 1. The summed E-state index contributed by atoms with van der Waals surface area (Å²) < 4.78 is 20.7. The van der Waals surface area contributed by atoms with Gasteiger partial charge in [-0.1, -0.05) is 11.6 Å². The van der Waals surface area contributed by atoms with E-state index in [0.29, 0.717) is 23.7 Å². The van der Waals surface area contributed by atoms with Gasteiger partial charge in [-0.2, -0.15) is 0 Å². The first-order valence-electron chi connectivity index (χ1n) is 11.9. The van der Waals surface area contributed by atoms with Crippen LogP contribution >= 0.6 is 23.4 Å². The molecule has 3 aromatic rings. The minimum absolute atomic E-state index is 0.151. The van der Waals surface area contributed by atoms with Crippen molar-refractivity contribution in [3.05, 3.63) is 65.3 Å². The van der Waals surface area contributed by atoms with Gasteiger partial charge in [0.1, 0.15) is 11.9 Å². The number of likely N-dealkylation sites (tertiary alicyclic amines) is 1. The molecule has 0 unspecified atom stereocenters. The summed E-state index contributed by atoms with van der Waals surface area (Å²) in [7, 11) is 1.61. The molecule has 3 atom stereocenters. The van der Waals surface area contributed by atoms with Crippen LogP contribution in [-0.4, -0.2) is 54.1 Å². The van der Waals surface area contributed by atoms with Crippen LogP contribution in [0, 0.1) is 11.8 Å². The zero-order valence-electron chi connectivity index (χ0n) is 19.5. The van der Waals surface area contributed by atoms with Crippen molar-refractivity contribution in [2.24, 2.45) is 11.8 Å². The monoisotopic (exact) mass is 502 g/mol. The Morgan fingerprint density at radius 3 is 2.79 bits per heavy atom. The Balaban J connectivity index is 1.29. The highest BCUT2D eigenvalue weighted by Gasteiger charge is 2.29. The molecule has 0 radical (unpaired) electrons. The van der Waals surface area contributed by atoms with Crippen LogP contribution in [0.3, 0.4) is 0 Å². The molecular formula is C27H32ClFN2O2S. The number of aromatic nitrogens is 1. The number of nitrogens with zero attached hydrogens (tertiary/aromatic N) is 2. The molecule has 34 heavy (non-hydrogen) atoms. The number of methoxy groups -OCH3 is 1. The number of alkyl halides is 1. The average Bonchev–Trinajstić information content (AvgIpc) is 2.88. The minimum Gasteiger partial charge on any atom is -0.497 e. The quantitative estimate of drug-likeness (QED) is 0.324. The first-order chi connectivity index (χ1) is 16.6. The minimum atomic E-state index is -1.06. The van der Waals surface area contributed by atoms with Crippen molar-refractivity contribution in [3.8, 4) is 5.75 Å². The highest BCUT2D eigenvalue weighted by atomic mass is 35.5. The van der Waals surface area contributed by atoms with Crippen molar-refractivity contribution >= 4 is 34.3 Å². The Bertz CT molecular complexity index is 1070. The third kappa shape index (κ3) is 6.42. The van der Waals surface area contributed by atoms with E-state index in [1.807, 2.05) is 54.2 Å². The second-order valence-electron chi connectivity index (χ2n) is 8.92. The molecule has 0 saturated carbocycles. The summed E-state index contributed by atoms with van der Waals surface area (Å²) in [5.74, 6) is 2.23. The molecule has 0 bridgehead atoms. The Hall–Kier alpha value is -1.86. The standard InChI is InChI=1S/C27H32ClFN2O2S/c1-33-22-5-9-27-25(16-22)24(10-12-30-27)26(29)8-2-19-11-13-31(17-20(19)18-32)14-15-34-23-6-3-21(28)4-7-23/h3-7,9-10,12,16,19-20,26,32H,2,8,11,13-15,17-18H2,1H3/t19-,20-,26+/m1/s1. The van der Waals surface area contributed by atoms with E-state index in [-0.39, 0.29) is 12.5 Å². The molecule has 1 fully saturated rings. The number of hydrogen-bond acceptors (Lipinski definition) is 5. The Labute approximate surface area is 210 Å². The third-order valence-corrected chi connectivity index (χ3v) is 8.05. The lowest BCUT2D eigenvalue weighted by molar-refractivity contribution is 0.0672. The fraction of sp³-hybridized carbons (Fsp3) is 0.444. The molecule has 1 N–H and O–H groups in total. The molecule has 2 aromatic carbocycles. The molecule has 7 heteroatoms. The summed E-state index contributed by atoms with van der Waals surface area (Å²) in [6, 6.07) is 15.3. The number of aliphatic hydroxyl groups is 1. The number of ether oxygens (including phenoxy) is 1. The predicted molar refractivity (Wildman–Crippen MR) is 139 cm³/mol. The van der Waals surface area contributed by atoms with Crippen LogP contribution in [-0.2, 0) is 0 Å². The van der Waals surface area contributed by atoms with Gasteiger partial charge in [0.05, 0.1) is 12.6 Å². The van der Waals surface area contributed by atoms with Crippen molar-refractivity contribution in [3.63, 3.8) is 0 Å². The van der Waals surface area contributed by atoms with E-state index in [2.05, 4.69) is 9.88 Å². The van der Waals surface area contributed by atoms with Crippen LogP contribution < -0.4 is 4.74 Å². The van der Waals surface area contributed by atoms with Crippen LogP contribution in [0.25, 0.3) is 10.9 Å². The van der Waals surface area contributed by atoms with Gasteiger partial charge in [-0.05, 0) is 91.7 Å². The first-order valence-corrected chi connectivity index (χ1v) is 13.2. The van der Waals surface area contributed by atoms with Crippen LogP contribution in [0.4, 0.5) is 4.39 Å². The summed E-state index contributed by atoms with van der Waals surface area (Å²) in [6.07, 6.45) is 2.82. The molecule has 0 aliphatic carbocycles. The van der Waals surface area contributed by atoms with E-state index in [1.54, 1.807) is 19.4 Å². The third-order valence-electron chi connectivity index (χ3n) is 6.81. The second-order valence-corrected chi connectivity index (χ2v) is 10.5. The summed E-state index contributed by atoms with van der Waals surface area (Å²) >= 11 is 7.78. The summed E-state index contributed by atoms with van der Waals surface area (Å²) in [5.41, 5.74) is 1.44. The van der Waals surface area contributed by atoms with E-state index in [4.69, 9.17) is 16.3 Å². The maximum atomic E-state index is 15.4. The van der Waals surface area contributed by atoms with Crippen LogP contribution in [0.2, 0.25) is 5.02 Å². The fourth-order valence-corrected chi connectivity index (χ4v) is 5.87. The first kappa shape index (κ1) is 25.2. The van der Waals surface area contributed by atoms with Gasteiger partial charge in [-0.15, -0.1) is 11.8 Å². The molecule has 1 aliphatic rings. The van der Waals surface area contributed by atoms with Gasteiger partial charge < -0.3 is 14.7 Å². The van der Waals surface area contributed by atoms with Crippen LogP contribution in [0.5, 0.6) is 5.75 Å². The summed E-state index contributed by atoms with van der Waals surface area (Å²) in [5, 5.41) is 11.6. The van der Waals surface area contributed by atoms with Gasteiger partial charge in [0.25, 0.3) is 0 Å². The van der Waals surface area contributed by atoms with Crippen molar-refractivity contribution in [2.45, 2.75) is 30.3 Å². The van der Waals surface area contributed by atoms with Crippen LogP contribution in [0.1, 0.15) is 31.0 Å². The number of benzene rings is 2. The normalized spacial score (nSPS) is 19.9. The van der Waals surface area contributed by atoms with Crippen molar-refractivity contribution in [2.75, 3.05) is 39.1 Å². The van der Waals surface area contributed by atoms with Gasteiger partial charge in [0.2, 0.25) is 0 Å². The molecule has 182 valence electrons. The number of piperidine rings is 1. The van der Waals surface area contributed by atoms with Gasteiger partial charge in [-0.25, -0.2) is 4.39 Å². The maximum absolute atomic E-state index is 15.4. The van der Waals surface area contributed by atoms with E-state index in [9.17, 15) is 5.11 Å². The van der Waals surface area contributed by atoms with Crippen molar-refractivity contribution in [1.82, 2.24) is 9.88 Å². The zero-order chi connectivity index (χ0) is 23.9. The number of hydrogen-bond donors (Lipinski definition) is 1. The second kappa shape index (κ2) is 12.2. The highest BCUT2D eigenvalue weighted by Crippen LogP contribution is 2.35. The molecule has 2 heterocycles. The summed E-state index contributed by atoms with van der Waals surface area (Å²) in [6.45, 7) is 2.99. The lowest BCUT2D eigenvalue weighted by atomic mass is 9.81. The smallest absolute Gasteiger partial charge is 0.126 e. The highest BCUT2D eigenvalue weighted by molar-refractivity contribution is 7.99. The lowest BCUT2D eigenvalue weighted by Crippen LogP contribution is -2.43. The lowest BCUT2D eigenvalue weighted by Gasteiger charge is -2.38. The number of aliphatic hydroxyl groups excluding tert-OH is 1. The Morgan fingerprint density at radius 2 is 2.03 bits per heavy atom. The fourth-order valence-electron chi connectivity index (χ4n) is 4.83. The van der Waals surface area contributed by atoms with E-state index in [1.165, 1.54) is 4.90 Å². The number of rotatable bonds is 10. The molecule has 0 spiro atoms. The Kier molecular flexibility index (Phi) is 9.06. The van der Waals surface area contributed by atoms with Gasteiger partial charge in [-0.3, -0.25) is 4.98 Å². The molecule has 1 saturated heterocycles. The largest absolute Gasteiger partial charge is 0.497 e. The number of halogens is 2. The summed E-state index contributed by atoms with van der Waals surface area (Å²) in [4.78, 5) is 8.00. The van der Waals surface area contributed by atoms with Crippen molar-refractivity contribution in [1.29, 1.82) is 0 Å². The number of thioether (sulfide) groups is 1. The molecule has 1 aromatic heterocycles. The van der Waals surface area contributed by atoms with Crippen LogP contribution in [0.15, 0.2) is 59.6 Å². The number of fused-ring (bicyclic) bond motifs is 1. The van der Waals surface area contributed by atoms with Gasteiger partial charge in [0, 0.05) is 47.0 Å². The zero-order valence-corrected chi connectivity index (χ0v) is 21.1. The maximum Gasteiger partial charge on any atom is 0.126 e. The SMILES string of the molecule is COc1ccc2nccc([C@@H](F)CC[C@@H]3CCN(CCSc4ccc(Cl)cc4)C[C@@H]3CO)c2c1. The molecule has 4 nitrogen and oxygen atoms in total. The molecule has 0 amide bonds. The Morgan fingerprint density at radius 1 is 1.21 bits per heavy atom. The molecular weight excluding hydrogens is 471 g/mol. The molecule has 4 rings (SSSR count). The van der Waals surface area contributed by atoms with E-state index < -0.39 is 6.17 Å². The average molecular weight is 503 g/mol. The van der Waals surface area contributed by atoms with Crippen molar-refractivity contribution < 1.29 is 14.2 Å².